The summed E-state index contributed by atoms with van der Waals surface area (Å²) in [5, 5.41) is 15.3. The van der Waals surface area contributed by atoms with Crippen LogP contribution >= 0.6 is 34.1 Å². The number of hydrogen-bond donors (Lipinski definition) is 0. The van der Waals surface area contributed by atoms with Crippen LogP contribution in [-0.2, 0) is 0 Å². The number of hydrogen-bond acceptors (Lipinski definition) is 3. The zero-order chi connectivity index (χ0) is 5.28. The molecule has 0 spiro atoms. The average molecular weight is 228 g/mol. The predicted octanol–water partition coefficient (Wildman–Crippen LogP) is 0.381. The smallest absolute Gasteiger partial charge is 0.186 e. The van der Waals surface area contributed by atoms with Crippen molar-refractivity contribution in [1.82, 2.24) is 5.10 Å². The van der Waals surface area contributed by atoms with Gasteiger partial charge in [-0.05, 0) is 22.6 Å². The van der Waals surface area contributed by atoms with E-state index < -0.39 is 0 Å². The molecule has 0 bridgehead atoms. The minimum absolute atomic E-state index is 0.571. The van der Waals surface area contributed by atoms with Crippen LogP contribution in [-0.4, -0.2) is 5.10 Å². The molecule has 0 saturated heterocycles. The molecule has 0 fully saturated rings. The predicted molar refractivity (Wildman–Crippen MR) is 33.8 cm³/mol. The van der Waals surface area contributed by atoms with E-state index in [-0.39, 0.29) is 0 Å². The maximum atomic E-state index is 10.1. The van der Waals surface area contributed by atoms with Gasteiger partial charge in [-0.3, -0.25) is 0 Å². The van der Waals surface area contributed by atoms with E-state index in [4.69, 9.17) is 0 Å². The number of nitrogens with zero attached hydrogens (tertiary/aromatic N) is 2. The minimum atomic E-state index is 0.571. The second kappa shape index (κ2) is 1.91. The Labute approximate surface area is 57.8 Å². The van der Waals surface area contributed by atoms with Gasteiger partial charge in [0.1, 0.15) is 0 Å². The zero-order valence-corrected chi connectivity index (χ0v) is 6.14. The van der Waals surface area contributed by atoms with Crippen LogP contribution in [0.15, 0.2) is 5.38 Å². The van der Waals surface area contributed by atoms with Crippen molar-refractivity contribution in [3.63, 3.8) is 0 Å². The van der Waals surface area contributed by atoms with Crippen LogP contribution in [0, 0.1) is 8.91 Å². The van der Waals surface area contributed by atoms with Crippen molar-refractivity contribution in [3.05, 3.63) is 14.3 Å². The van der Waals surface area contributed by atoms with Crippen LogP contribution in [0.25, 0.3) is 0 Å². The fourth-order valence-electron chi connectivity index (χ4n) is 0.214. The molecule has 0 amide bonds. The van der Waals surface area contributed by atoms with Gasteiger partial charge in [0.2, 0.25) is 0 Å². The van der Waals surface area contributed by atoms with E-state index in [2.05, 4.69) is 5.10 Å². The normalized spacial score (nSPS) is 9.29. The Kier molecular flexibility index (Phi) is 1.43. The van der Waals surface area contributed by atoms with Crippen LogP contribution in [0.2, 0.25) is 0 Å². The molecule has 0 aliphatic carbocycles. The van der Waals surface area contributed by atoms with Crippen molar-refractivity contribution in [2.24, 2.45) is 0 Å². The number of aromatic nitrogens is 2. The first-order chi connectivity index (χ1) is 3.29. The van der Waals surface area contributed by atoms with E-state index in [1.165, 1.54) is 0 Å². The minimum Gasteiger partial charge on any atom is -0.581 e. The van der Waals surface area contributed by atoms with Gasteiger partial charge < -0.3 is 5.21 Å². The Bertz CT molecular complexity index is 148. The van der Waals surface area contributed by atoms with E-state index in [0.717, 1.165) is 15.2 Å². The average Bonchev–Trinajstić information content (AvgIpc) is 1.87. The molecule has 5 heteroatoms. The van der Waals surface area contributed by atoms with Crippen LogP contribution < -0.4 is 4.23 Å². The van der Waals surface area contributed by atoms with Gasteiger partial charge in [-0.1, -0.05) is 0 Å². The molecule has 3 nitrogen and oxygen atoms in total. The molecule has 0 saturated carbocycles. The molecular formula is C2HIN2OS. The Morgan fingerprint density at radius 3 is 2.86 bits per heavy atom. The Morgan fingerprint density at radius 1 is 2.00 bits per heavy atom. The van der Waals surface area contributed by atoms with E-state index in [9.17, 15) is 5.21 Å². The van der Waals surface area contributed by atoms with Crippen LogP contribution in [0.1, 0.15) is 0 Å². The molecule has 0 aliphatic rings. The topological polar surface area (TPSA) is 39.8 Å². The molecule has 1 rings (SSSR count). The lowest BCUT2D eigenvalue weighted by Gasteiger charge is -1.73. The fraction of sp³-hybridized carbons (Fsp3) is 0. The molecule has 0 N–H and O–H groups in total. The zero-order valence-electron chi connectivity index (χ0n) is 3.17. The van der Waals surface area contributed by atoms with Gasteiger partial charge in [0, 0.05) is 9.33 Å². The largest absolute Gasteiger partial charge is 0.581 e. The molecule has 1 aromatic heterocycles. The quantitative estimate of drug-likeness (QED) is 0.366. The Balaban J connectivity index is 3.04. The maximum Gasteiger partial charge on any atom is 0.186 e. The monoisotopic (exact) mass is 228 g/mol. The summed E-state index contributed by atoms with van der Waals surface area (Å²) in [7, 11) is 0. The third-order valence-corrected chi connectivity index (χ3v) is 1.96. The Hall–Kier alpha value is 0.0900. The highest BCUT2D eigenvalue weighted by atomic mass is 127. The lowest BCUT2D eigenvalue weighted by atomic mass is 11.0. The number of halogens is 1. The van der Waals surface area contributed by atoms with Gasteiger partial charge >= 0.3 is 0 Å². The summed E-state index contributed by atoms with van der Waals surface area (Å²) in [6.45, 7) is 0. The molecule has 0 aromatic carbocycles. The molecule has 1 heterocycles. The molecule has 0 aliphatic heterocycles. The maximum absolute atomic E-state index is 10.1. The van der Waals surface area contributed by atoms with Gasteiger partial charge in [-0.25, -0.2) is 0 Å². The molecule has 0 unspecified atom stereocenters. The SMILES string of the molecule is [O-][n+]1nc(I)cs1. The highest BCUT2D eigenvalue weighted by molar-refractivity contribution is 14.1. The molecule has 1 aromatic rings. The van der Waals surface area contributed by atoms with Crippen LogP contribution in [0.5, 0.6) is 0 Å². The summed E-state index contributed by atoms with van der Waals surface area (Å²) < 4.78 is 1.32. The van der Waals surface area contributed by atoms with Gasteiger partial charge in [0.05, 0.1) is 5.38 Å². The van der Waals surface area contributed by atoms with E-state index >= 15 is 0 Å². The van der Waals surface area contributed by atoms with Gasteiger partial charge in [0.25, 0.3) is 0 Å². The summed E-state index contributed by atoms with van der Waals surface area (Å²) in [5.74, 6) is 0. The molecule has 7 heavy (non-hydrogen) atoms. The summed E-state index contributed by atoms with van der Waals surface area (Å²) in [4.78, 5) is 0. The molecule has 38 valence electrons. The van der Waals surface area contributed by atoms with Crippen molar-refractivity contribution < 1.29 is 4.23 Å². The third-order valence-electron chi connectivity index (χ3n) is 0.417. The Morgan fingerprint density at radius 2 is 2.71 bits per heavy atom. The second-order valence-corrected chi connectivity index (χ2v) is 2.75. The lowest BCUT2D eigenvalue weighted by molar-refractivity contribution is -0.598. The van der Waals surface area contributed by atoms with E-state index in [1.54, 1.807) is 5.38 Å². The summed E-state index contributed by atoms with van der Waals surface area (Å²) in [6.07, 6.45) is 0. The summed E-state index contributed by atoms with van der Waals surface area (Å²) in [6, 6.07) is 0. The van der Waals surface area contributed by atoms with Gasteiger partial charge in [-0.15, -0.1) is 0 Å². The van der Waals surface area contributed by atoms with E-state index in [1.807, 2.05) is 22.6 Å². The van der Waals surface area contributed by atoms with Gasteiger partial charge in [-0.2, -0.15) is 0 Å². The van der Waals surface area contributed by atoms with Crippen molar-refractivity contribution >= 4 is 34.1 Å². The molecule has 0 atom stereocenters. The van der Waals surface area contributed by atoms with Crippen LogP contribution in [0.4, 0.5) is 0 Å². The van der Waals surface area contributed by atoms with Gasteiger partial charge in [0.15, 0.2) is 15.2 Å². The van der Waals surface area contributed by atoms with Crippen LogP contribution in [0.3, 0.4) is 0 Å². The first kappa shape index (κ1) is 5.23. The first-order valence-corrected chi connectivity index (χ1v) is 3.42. The fourth-order valence-corrected chi connectivity index (χ4v) is 1.26. The molecule has 0 radical (unpaired) electrons. The summed E-state index contributed by atoms with van der Waals surface area (Å²) in [5.41, 5.74) is 0. The highest BCUT2D eigenvalue weighted by Gasteiger charge is 1.95. The highest BCUT2D eigenvalue weighted by Crippen LogP contribution is 1.96. The van der Waals surface area contributed by atoms with Crippen molar-refractivity contribution in [1.29, 1.82) is 0 Å². The third kappa shape index (κ3) is 1.23. The standard InChI is InChI=1S/C2HIN2OS/c3-2-1-7-5(6)4-2/h1H. The molecular weight excluding hydrogens is 227 g/mol. The van der Waals surface area contributed by atoms with E-state index in [0.29, 0.717) is 4.23 Å². The van der Waals surface area contributed by atoms with Crippen molar-refractivity contribution in [2.45, 2.75) is 0 Å². The summed E-state index contributed by atoms with van der Waals surface area (Å²) >= 11 is 3.03. The van der Waals surface area contributed by atoms with Crippen molar-refractivity contribution in [3.8, 4) is 0 Å². The number of rotatable bonds is 0. The lowest BCUT2D eigenvalue weighted by Crippen LogP contribution is -2.23. The van der Waals surface area contributed by atoms with Crippen molar-refractivity contribution in [2.75, 3.05) is 0 Å². The first-order valence-electron chi connectivity index (χ1n) is 1.50. The second-order valence-electron chi connectivity index (χ2n) is 0.884.